The standard InChI is InChI=1S/C20H25BrN6/c1-22-20(26(3)14-19-10-18(21)13-25(19)2)24-11-16-4-6-17(7-5-16)12-27-9-8-23-15-27/h4-10,13,15H,11-12,14H2,1-3H3,(H,22,24). The molecule has 27 heavy (non-hydrogen) atoms. The topological polar surface area (TPSA) is 50.4 Å². The number of imidazole rings is 1. The zero-order valence-corrected chi connectivity index (χ0v) is 17.5. The van der Waals surface area contributed by atoms with E-state index in [1.807, 2.05) is 26.6 Å². The molecule has 0 unspecified atom stereocenters. The monoisotopic (exact) mass is 428 g/mol. The number of rotatable bonds is 6. The van der Waals surface area contributed by atoms with Crippen LogP contribution in [-0.2, 0) is 26.7 Å². The maximum absolute atomic E-state index is 4.40. The van der Waals surface area contributed by atoms with Crippen molar-refractivity contribution in [2.24, 2.45) is 12.0 Å². The molecule has 0 bridgehead atoms. The Balaban J connectivity index is 1.55. The first-order chi connectivity index (χ1) is 13.0. The minimum Gasteiger partial charge on any atom is -0.352 e. The second kappa shape index (κ2) is 8.90. The molecule has 2 heterocycles. The summed E-state index contributed by atoms with van der Waals surface area (Å²) in [5.74, 6) is 0.870. The van der Waals surface area contributed by atoms with Crippen LogP contribution < -0.4 is 5.32 Å². The van der Waals surface area contributed by atoms with Crippen molar-refractivity contribution in [1.82, 2.24) is 24.3 Å². The van der Waals surface area contributed by atoms with Crippen LogP contribution in [0, 0.1) is 0 Å². The zero-order chi connectivity index (χ0) is 19.2. The summed E-state index contributed by atoms with van der Waals surface area (Å²) in [6, 6.07) is 10.8. The highest BCUT2D eigenvalue weighted by molar-refractivity contribution is 9.10. The van der Waals surface area contributed by atoms with Gasteiger partial charge >= 0.3 is 0 Å². The number of hydrogen-bond donors (Lipinski definition) is 1. The fourth-order valence-corrected chi connectivity index (χ4v) is 3.53. The van der Waals surface area contributed by atoms with Gasteiger partial charge in [-0.15, -0.1) is 0 Å². The summed E-state index contributed by atoms with van der Waals surface area (Å²) in [6.45, 7) is 2.36. The molecule has 1 N–H and O–H groups in total. The third kappa shape index (κ3) is 5.23. The Morgan fingerprint density at radius 2 is 2.00 bits per heavy atom. The Hall–Kier alpha value is -2.54. The molecule has 0 aliphatic heterocycles. The Labute approximate surface area is 168 Å². The third-order valence-corrected chi connectivity index (χ3v) is 4.88. The van der Waals surface area contributed by atoms with E-state index >= 15 is 0 Å². The highest BCUT2D eigenvalue weighted by Gasteiger charge is 2.09. The van der Waals surface area contributed by atoms with Crippen molar-refractivity contribution < 1.29 is 0 Å². The summed E-state index contributed by atoms with van der Waals surface area (Å²) < 4.78 is 5.27. The van der Waals surface area contributed by atoms with Crippen LogP contribution in [0.3, 0.4) is 0 Å². The molecular formula is C20H25BrN6. The quantitative estimate of drug-likeness (QED) is 0.484. The van der Waals surface area contributed by atoms with Crippen LogP contribution in [0.15, 0.2) is 64.7 Å². The number of aryl methyl sites for hydroxylation is 1. The minimum absolute atomic E-state index is 0.735. The molecule has 0 spiro atoms. The SMILES string of the molecule is CN=C(NCc1ccc(Cn2ccnc2)cc1)N(C)Cc1cc(Br)cn1C. The first-order valence-corrected chi connectivity index (χ1v) is 9.60. The van der Waals surface area contributed by atoms with Crippen LogP contribution >= 0.6 is 15.9 Å². The second-order valence-corrected chi connectivity index (χ2v) is 7.48. The molecule has 0 fully saturated rings. The van der Waals surface area contributed by atoms with Gasteiger partial charge in [0.2, 0.25) is 0 Å². The van der Waals surface area contributed by atoms with Gasteiger partial charge in [-0.05, 0) is 33.1 Å². The van der Waals surface area contributed by atoms with E-state index in [1.165, 1.54) is 16.8 Å². The Morgan fingerprint density at radius 3 is 2.59 bits per heavy atom. The lowest BCUT2D eigenvalue weighted by Crippen LogP contribution is -2.38. The second-order valence-electron chi connectivity index (χ2n) is 6.57. The van der Waals surface area contributed by atoms with Crippen LogP contribution in [0.2, 0.25) is 0 Å². The molecule has 6 nitrogen and oxygen atoms in total. The molecule has 142 valence electrons. The van der Waals surface area contributed by atoms with Crippen molar-refractivity contribution in [3.63, 3.8) is 0 Å². The van der Waals surface area contributed by atoms with Crippen LogP contribution in [0.5, 0.6) is 0 Å². The van der Waals surface area contributed by atoms with Crippen LogP contribution in [0.25, 0.3) is 0 Å². The highest BCUT2D eigenvalue weighted by Crippen LogP contribution is 2.15. The van der Waals surface area contributed by atoms with Gasteiger partial charge in [0.1, 0.15) is 0 Å². The molecule has 0 atom stereocenters. The van der Waals surface area contributed by atoms with Crippen LogP contribution in [-0.4, -0.2) is 39.1 Å². The van der Waals surface area contributed by atoms with Crippen LogP contribution in [0.1, 0.15) is 16.8 Å². The van der Waals surface area contributed by atoms with Crippen molar-refractivity contribution in [3.8, 4) is 0 Å². The smallest absolute Gasteiger partial charge is 0.194 e. The molecule has 3 aromatic rings. The molecule has 1 aromatic carbocycles. The predicted octanol–water partition coefficient (Wildman–Crippen LogP) is 3.24. The first kappa shape index (κ1) is 19.2. The van der Waals surface area contributed by atoms with Crippen molar-refractivity contribution in [1.29, 1.82) is 0 Å². The van der Waals surface area contributed by atoms with Gasteiger partial charge in [0.05, 0.1) is 12.9 Å². The van der Waals surface area contributed by atoms with Gasteiger partial charge in [-0.1, -0.05) is 24.3 Å². The lowest BCUT2D eigenvalue weighted by atomic mass is 10.1. The number of hydrogen-bond acceptors (Lipinski definition) is 2. The average Bonchev–Trinajstić information content (AvgIpc) is 3.26. The molecule has 0 saturated heterocycles. The van der Waals surface area contributed by atoms with E-state index in [9.17, 15) is 0 Å². The number of aromatic nitrogens is 3. The Bertz CT molecular complexity index is 880. The molecule has 0 amide bonds. The molecule has 3 rings (SSSR count). The number of halogens is 1. The summed E-state index contributed by atoms with van der Waals surface area (Å²) in [5, 5.41) is 3.44. The average molecular weight is 429 g/mol. The van der Waals surface area contributed by atoms with Crippen LogP contribution in [0.4, 0.5) is 0 Å². The lowest BCUT2D eigenvalue weighted by Gasteiger charge is -2.22. The summed E-state index contributed by atoms with van der Waals surface area (Å²) in [6.07, 6.45) is 7.67. The number of nitrogens with zero attached hydrogens (tertiary/aromatic N) is 5. The van der Waals surface area contributed by atoms with E-state index in [1.54, 1.807) is 6.20 Å². The summed E-state index contributed by atoms with van der Waals surface area (Å²) in [4.78, 5) is 10.6. The van der Waals surface area contributed by atoms with Gasteiger partial charge in [-0.3, -0.25) is 4.99 Å². The molecule has 2 aromatic heterocycles. The van der Waals surface area contributed by atoms with Gasteiger partial charge in [0.25, 0.3) is 0 Å². The van der Waals surface area contributed by atoms with E-state index in [4.69, 9.17) is 0 Å². The van der Waals surface area contributed by atoms with Crippen molar-refractivity contribution in [2.75, 3.05) is 14.1 Å². The molecule has 0 aliphatic carbocycles. The largest absolute Gasteiger partial charge is 0.352 e. The van der Waals surface area contributed by atoms with Gasteiger partial charge < -0.3 is 19.4 Å². The van der Waals surface area contributed by atoms with Crippen molar-refractivity contribution >= 4 is 21.9 Å². The Morgan fingerprint density at radius 1 is 1.26 bits per heavy atom. The predicted molar refractivity (Wildman–Crippen MR) is 113 cm³/mol. The van der Waals surface area contributed by atoms with Crippen molar-refractivity contribution in [3.05, 3.63) is 76.5 Å². The van der Waals surface area contributed by atoms with E-state index in [-0.39, 0.29) is 0 Å². The van der Waals surface area contributed by atoms with E-state index in [0.717, 1.165) is 30.1 Å². The summed E-state index contributed by atoms with van der Waals surface area (Å²) in [7, 11) is 5.91. The number of aliphatic imine (C=N–C) groups is 1. The van der Waals surface area contributed by atoms with Gasteiger partial charge in [-0.2, -0.15) is 0 Å². The highest BCUT2D eigenvalue weighted by atomic mass is 79.9. The van der Waals surface area contributed by atoms with Gasteiger partial charge in [-0.25, -0.2) is 4.98 Å². The van der Waals surface area contributed by atoms with E-state index < -0.39 is 0 Å². The zero-order valence-electron chi connectivity index (χ0n) is 15.9. The van der Waals surface area contributed by atoms with E-state index in [2.05, 4.69) is 88.8 Å². The maximum atomic E-state index is 4.40. The molecule has 7 heteroatoms. The van der Waals surface area contributed by atoms with E-state index in [0.29, 0.717) is 0 Å². The number of nitrogens with one attached hydrogen (secondary N) is 1. The fourth-order valence-electron chi connectivity index (χ4n) is 2.96. The minimum atomic E-state index is 0.735. The summed E-state index contributed by atoms with van der Waals surface area (Å²) >= 11 is 3.52. The Kier molecular flexibility index (Phi) is 6.34. The van der Waals surface area contributed by atoms with Crippen molar-refractivity contribution in [2.45, 2.75) is 19.6 Å². The lowest BCUT2D eigenvalue weighted by molar-refractivity contribution is 0.461. The number of benzene rings is 1. The molecule has 0 aliphatic rings. The maximum Gasteiger partial charge on any atom is 0.194 e. The summed E-state index contributed by atoms with van der Waals surface area (Å²) in [5.41, 5.74) is 3.70. The fraction of sp³-hybridized carbons (Fsp3) is 0.300. The molecular weight excluding hydrogens is 404 g/mol. The van der Waals surface area contributed by atoms with Gasteiger partial charge in [0, 0.05) is 63.0 Å². The molecule has 0 saturated carbocycles. The van der Waals surface area contributed by atoms with Gasteiger partial charge in [0.15, 0.2) is 5.96 Å². The number of guanidine groups is 1. The third-order valence-electron chi connectivity index (χ3n) is 4.44. The molecule has 0 radical (unpaired) electrons. The normalized spacial score (nSPS) is 11.6. The first-order valence-electron chi connectivity index (χ1n) is 8.81.